The summed E-state index contributed by atoms with van der Waals surface area (Å²) in [5.74, 6) is 0. The van der Waals surface area contributed by atoms with Gasteiger partial charge in [-0.15, -0.1) is 0 Å². The zero-order valence-corrected chi connectivity index (χ0v) is 59.8. The molecular formula is C104H72BN3. The third kappa shape index (κ3) is 10.3. The molecule has 18 aromatic carbocycles. The van der Waals surface area contributed by atoms with Crippen LogP contribution in [0.2, 0.25) is 0 Å². The van der Waals surface area contributed by atoms with Crippen LogP contribution in [0.1, 0.15) is 35.9 Å². The van der Waals surface area contributed by atoms with Gasteiger partial charge in [0.2, 0.25) is 0 Å². The monoisotopic (exact) mass is 1380 g/mol. The second-order valence-electron chi connectivity index (χ2n) is 29.7. The van der Waals surface area contributed by atoms with Gasteiger partial charge in [-0.25, -0.2) is 0 Å². The van der Waals surface area contributed by atoms with Crippen LogP contribution in [0.3, 0.4) is 0 Å². The fourth-order valence-electron chi connectivity index (χ4n) is 17.3. The summed E-state index contributed by atoms with van der Waals surface area (Å²) in [6.07, 6.45) is 0. The summed E-state index contributed by atoms with van der Waals surface area (Å²) >= 11 is 0. The lowest BCUT2D eigenvalue weighted by molar-refractivity contribution is 0.590. The summed E-state index contributed by atoms with van der Waals surface area (Å²) in [5, 5.41) is 9.51. The molecule has 0 spiro atoms. The maximum Gasteiger partial charge on any atom is 0.252 e. The topological polar surface area (TPSA) is 11.4 Å². The molecular weight excluding hydrogens is 1300 g/mol. The lowest BCUT2D eigenvalue weighted by Gasteiger charge is -2.46. The molecule has 3 nitrogen and oxygen atoms in total. The molecule has 4 heteroatoms. The molecule has 21 rings (SSSR count). The summed E-state index contributed by atoms with van der Waals surface area (Å²) in [7, 11) is 0. The van der Waals surface area contributed by atoms with Crippen LogP contribution in [0.15, 0.2) is 382 Å². The largest absolute Gasteiger partial charge is 0.310 e. The van der Waals surface area contributed by atoms with Crippen LogP contribution in [0.25, 0.3) is 148 Å². The number of hydrogen-bond donors (Lipinski definition) is 0. The molecule has 0 bridgehead atoms. The highest BCUT2D eigenvalue weighted by Gasteiger charge is 2.46. The van der Waals surface area contributed by atoms with Crippen molar-refractivity contribution in [1.29, 1.82) is 0 Å². The van der Waals surface area contributed by atoms with E-state index in [-0.39, 0.29) is 57.6 Å². The number of anilines is 6. The van der Waals surface area contributed by atoms with Gasteiger partial charge in [0.25, 0.3) is 6.71 Å². The molecule has 506 valence electrons. The number of benzene rings is 18. The third-order valence-corrected chi connectivity index (χ3v) is 22.5. The van der Waals surface area contributed by atoms with Crippen molar-refractivity contribution in [3.8, 4) is 83.6 Å². The SMILES string of the molecule is [2H]c1c([2H])c([2H])c2c(c1[2H])c1c([2H])c([2H])c(-c3cccc(-c4ccccc4)c3)c([2H])c1n2-c1ccc2c(c1)N(c1c(-c3ccccc3)cccc1-c1ccccc1)c1cc(C(C)(C)C)cc3c1B2c1cc(-c2ccccc2)ccc1N3c1c(-c2ccc3ccc4ccccc4c3c2)cccc1-c1ccc2ccc3ccccc3c2c1. The highest BCUT2D eigenvalue weighted by Crippen LogP contribution is 2.55. The second-order valence-corrected chi connectivity index (χ2v) is 29.7. The van der Waals surface area contributed by atoms with Crippen LogP contribution in [0, 0.1) is 0 Å². The summed E-state index contributed by atoms with van der Waals surface area (Å²) < 4.78 is 71.4. The molecule has 0 fully saturated rings. The van der Waals surface area contributed by atoms with Gasteiger partial charge in [0, 0.05) is 61.5 Å². The molecule has 108 heavy (non-hydrogen) atoms. The number of fused-ring (bicyclic) bond motifs is 13. The Kier molecular flexibility index (Phi) is 13.0. The number of rotatable bonds is 10. The van der Waals surface area contributed by atoms with Gasteiger partial charge in [0.15, 0.2) is 0 Å². The molecule has 1 aromatic heterocycles. The zero-order chi connectivity index (χ0) is 77.8. The Morgan fingerprint density at radius 1 is 0.278 bits per heavy atom. The van der Waals surface area contributed by atoms with Crippen molar-refractivity contribution in [2.45, 2.75) is 26.2 Å². The lowest BCUT2D eigenvalue weighted by atomic mass is 9.33. The highest BCUT2D eigenvalue weighted by molar-refractivity contribution is 7.00. The number of nitrogens with zero attached hydrogens (tertiary/aromatic N) is 3. The predicted octanol–water partition coefficient (Wildman–Crippen LogP) is 26.4. The molecule has 0 amide bonds. The first-order valence-electron chi connectivity index (χ1n) is 40.7. The van der Waals surface area contributed by atoms with Crippen molar-refractivity contribution in [3.05, 3.63) is 388 Å². The van der Waals surface area contributed by atoms with Gasteiger partial charge in [-0.2, -0.15) is 0 Å². The quantitative estimate of drug-likeness (QED) is 0.0999. The second kappa shape index (κ2) is 25.1. The van der Waals surface area contributed by atoms with Crippen LogP contribution >= 0.6 is 0 Å². The summed E-state index contributed by atoms with van der Waals surface area (Å²) in [6.45, 7) is 6.42. The summed E-state index contributed by atoms with van der Waals surface area (Å²) in [4.78, 5) is 5.09. The highest BCUT2D eigenvalue weighted by atomic mass is 15.2. The fraction of sp³-hybridized carbons (Fsp3) is 0.0385. The molecule has 0 aliphatic carbocycles. The minimum atomic E-state index is -0.482. The Hall–Kier alpha value is -13.5. The van der Waals surface area contributed by atoms with Gasteiger partial charge in [-0.1, -0.05) is 342 Å². The van der Waals surface area contributed by atoms with Crippen LogP contribution in [0.4, 0.5) is 34.1 Å². The van der Waals surface area contributed by atoms with E-state index in [1.54, 1.807) is 4.57 Å². The number of aromatic nitrogens is 1. The molecule has 0 atom stereocenters. The van der Waals surface area contributed by atoms with Crippen molar-refractivity contribution in [2.75, 3.05) is 9.80 Å². The molecule has 19 aromatic rings. The van der Waals surface area contributed by atoms with Crippen LogP contribution in [-0.4, -0.2) is 11.3 Å². The molecule has 0 saturated heterocycles. The molecule has 0 unspecified atom stereocenters. The smallest absolute Gasteiger partial charge is 0.252 e. The van der Waals surface area contributed by atoms with Crippen LogP contribution < -0.4 is 26.2 Å². The van der Waals surface area contributed by atoms with Crippen molar-refractivity contribution < 1.29 is 9.60 Å². The van der Waals surface area contributed by atoms with E-state index in [0.29, 0.717) is 11.3 Å². The van der Waals surface area contributed by atoms with Gasteiger partial charge in [0.05, 0.1) is 32.0 Å². The van der Waals surface area contributed by atoms with Gasteiger partial charge in [0.1, 0.15) is 0 Å². The van der Waals surface area contributed by atoms with Gasteiger partial charge in [-0.3, -0.25) is 0 Å². The first-order chi connectivity index (χ1) is 56.1. The number of para-hydroxylation sites is 3. The van der Waals surface area contributed by atoms with E-state index in [0.717, 1.165) is 144 Å². The van der Waals surface area contributed by atoms with Crippen molar-refractivity contribution in [1.82, 2.24) is 4.57 Å². The maximum absolute atomic E-state index is 10.7. The van der Waals surface area contributed by atoms with Gasteiger partial charge in [-0.05, 0) is 187 Å². The Bertz CT molecular complexity index is 7110. The minimum Gasteiger partial charge on any atom is -0.310 e. The fourth-order valence-corrected chi connectivity index (χ4v) is 17.3. The van der Waals surface area contributed by atoms with E-state index in [1.165, 1.54) is 21.5 Å². The Balaban J connectivity index is 0.916. The molecule has 0 saturated carbocycles. The first-order valence-corrected chi connectivity index (χ1v) is 37.2. The minimum absolute atomic E-state index is 0.0706. The van der Waals surface area contributed by atoms with Crippen LogP contribution in [0.5, 0.6) is 0 Å². The molecule has 0 N–H and O–H groups in total. The lowest BCUT2D eigenvalue weighted by Crippen LogP contribution is -2.61. The van der Waals surface area contributed by atoms with Crippen molar-refractivity contribution in [3.63, 3.8) is 0 Å². The standard InChI is InChI=1S/C104H72BN3/c1-104(2,3)81-64-99-101-100(65-81)108(102-85(69-29-12-6-13-30-69)40-23-41-86(102)70-31-14-7-15-32-70)98-66-82(106-95-44-21-20-39-89(95)90-56-53-78(63-97(90)106)76-36-22-35-75(59-76)67-25-8-4-9-26-67)55-57-93(98)105(101)94-62-77(68-27-10-5-11-28-68)54-58-96(94)107(99)103-87(79-51-49-73-47-45-71-33-16-18-37-83(71)91(73)60-79)42-24-43-88(103)80-52-50-74-48-46-72-34-17-19-38-84(72)92(74)61-80/h4-66H,1-3H3/i20D,21D,39D,44D,53D,56D,63D. The van der Waals surface area contributed by atoms with Crippen LogP contribution in [-0.2, 0) is 5.41 Å². The van der Waals surface area contributed by atoms with E-state index in [4.69, 9.17) is 0 Å². The van der Waals surface area contributed by atoms with Gasteiger partial charge < -0.3 is 14.4 Å². The third-order valence-electron chi connectivity index (χ3n) is 22.5. The summed E-state index contributed by atoms with van der Waals surface area (Å²) in [6, 6.07) is 119. The van der Waals surface area contributed by atoms with Crippen molar-refractivity contribution in [2.24, 2.45) is 0 Å². The average molecular weight is 1380 g/mol. The Morgan fingerprint density at radius 3 is 1.29 bits per heavy atom. The molecule has 3 heterocycles. The van der Waals surface area contributed by atoms with E-state index in [9.17, 15) is 9.60 Å². The maximum atomic E-state index is 10.7. The van der Waals surface area contributed by atoms with Crippen molar-refractivity contribution >= 4 is 122 Å². The van der Waals surface area contributed by atoms with E-state index in [2.05, 4.69) is 310 Å². The average Bonchev–Trinajstić information content (AvgIpc) is 1.68. The Labute approximate surface area is 639 Å². The summed E-state index contributed by atoms with van der Waals surface area (Å²) in [5.41, 5.74) is 23.0. The normalized spacial score (nSPS) is 13.4. The number of hydrogen-bond acceptors (Lipinski definition) is 2. The first kappa shape index (κ1) is 55.9. The molecule has 2 aliphatic rings. The molecule has 0 radical (unpaired) electrons. The van der Waals surface area contributed by atoms with E-state index < -0.39 is 24.2 Å². The van der Waals surface area contributed by atoms with E-state index in [1.807, 2.05) is 60.7 Å². The Morgan fingerprint density at radius 2 is 0.722 bits per heavy atom. The van der Waals surface area contributed by atoms with E-state index >= 15 is 0 Å². The predicted molar refractivity (Wildman–Crippen MR) is 462 cm³/mol. The molecule has 2 aliphatic heterocycles. The van der Waals surface area contributed by atoms with Gasteiger partial charge >= 0.3 is 0 Å². The zero-order valence-electron chi connectivity index (χ0n) is 66.8.